The zero-order valence-corrected chi connectivity index (χ0v) is 9.00. The standard InChI is InChI=1S/C11H10F2O4/c1-16-11(15)9(14)8-7(13)4-6(12)5-2-3-17-10(5)8/h4,9,14H,2-3H2,1H3. The first-order valence-corrected chi connectivity index (χ1v) is 4.95. The summed E-state index contributed by atoms with van der Waals surface area (Å²) in [4.78, 5) is 11.2. The van der Waals surface area contributed by atoms with E-state index in [4.69, 9.17) is 4.74 Å². The van der Waals surface area contributed by atoms with Gasteiger partial charge in [0.05, 0.1) is 19.3 Å². The molecular weight excluding hydrogens is 234 g/mol. The van der Waals surface area contributed by atoms with Gasteiger partial charge in [-0.3, -0.25) is 0 Å². The zero-order valence-electron chi connectivity index (χ0n) is 9.00. The minimum atomic E-state index is -1.81. The maximum Gasteiger partial charge on any atom is 0.339 e. The minimum absolute atomic E-state index is 0.0969. The Bertz CT molecular complexity index is 473. The summed E-state index contributed by atoms with van der Waals surface area (Å²) in [5, 5.41) is 9.61. The first-order valence-electron chi connectivity index (χ1n) is 4.95. The number of aliphatic hydroxyl groups excluding tert-OH is 1. The highest BCUT2D eigenvalue weighted by atomic mass is 19.1. The number of fused-ring (bicyclic) bond motifs is 1. The number of carbonyl (C=O) groups is 1. The van der Waals surface area contributed by atoms with Crippen molar-refractivity contribution in [3.8, 4) is 5.75 Å². The number of hydrogen-bond donors (Lipinski definition) is 1. The molecule has 4 nitrogen and oxygen atoms in total. The van der Waals surface area contributed by atoms with E-state index < -0.39 is 23.7 Å². The Morgan fingerprint density at radius 3 is 2.88 bits per heavy atom. The van der Waals surface area contributed by atoms with Crippen LogP contribution in [0.1, 0.15) is 17.2 Å². The quantitative estimate of drug-likeness (QED) is 0.792. The second-order valence-corrected chi connectivity index (χ2v) is 3.59. The fourth-order valence-electron chi connectivity index (χ4n) is 1.79. The summed E-state index contributed by atoms with van der Waals surface area (Å²) >= 11 is 0. The molecule has 1 aliphatic rings. The van der Waals surface area contributed by atoms with E-state index in [1.807, 2.05) is 0 Å². The van der Waals surface area contributed by atoms with Crippen LogP contribution in [0.2, 0.25) is 0 Å². The van der Waals surface area contributed by atoms with Crippen LogP contribution in [-0.2, 0) is 16.0 Å². The van der Waals surface area contributed by atoms with Crippen molar-refractivity contribution >= 4 is 5.97 Å². The van der Waals surface area contributed by atoms with Crippen LogP contribution in [0.15, 0.2) is 6.07 Å². The smallest absolute Gasteiger partial charge is 0.339 e. The predicted octanol–water partition coefficient (Wildman–Crippen LogP) is 1.11. The Morgan fingerprint density at radius 2 is 2.24 bits per heavy atom. The van der Waals surface area contributed by atoms with Crippen LogP contribution >= 0.6 is 0 Å². The molecule has 0 fully saturated rings. The summed E-state index contributed by atoms with van der Waals surface area (Å²) in [5.74, 6) is -2.88. The molecular formula is C11H10F2O4. The minimum Gasteiger partial charge on any atom is -0.492 e. The summed E-state index contributed by atoms with van der Waals surface area (Å²) in [6.07, 6.45) is -1.53. The van der Waals surface area contributed by atoms with Gasteiger partial charge < -0.3 is 14.6 Å². The molecule has 0 aromatic heterocycles. The molecule has 2 rings (SSSR count). The van der Waals surface area contributed by atoms with Crippen LogP contribution in [0.25, 0.3) is 0 Å². The molecule has 0 spiro atoms. The van der Waals surface area contributed by atoms with Crippen molar-refractivity contribution in [1.29, 1.82) is 0 Å². The molecule has 1 N–H and O–H groups in total. The second-order valence-electron chi connectivity index (χ2n) is 3.59. The van der Waals surface area contributed by atoms with Crippen LogP contribution in [0.4, 0.5) is 8.78 Å². The van der Waals surface area contributed by atoms with Gasteiger partial charge in [0.1, 0.15) is 17.4 Å². The fraction of sp³-hybridized carbons (Fsp3) is 0.364. The van der Waals surface area contributed by atoms with Crippen molar-refractivity contribution in [2.45, 2.75) is 12.5 Å². The average molecular weight is 244 g/mol. The molecule has 1 heterocycles. The molecule has 1 aromatic rings. The summed E-state index contributed by atoms with van der Waals surface area (Å²) in [6, 6.07) is 0.634. The number of hydrogen-bond acceptors (Lipinski definition) is 4. The number of halogens is 2. The van der Waals surface area contributed by atoms with Crippen LogP contribution in [0.3, 0.4) is 0 Å². The lowest BCUT2D eigenvalue weighted by atomic mass is 10.0. The number of esters is 1. The molecule has 1 unspecified atom stereocenters. The van der Waals surface area contributed by atoms with Gasteiger partial charge in [0.25, 0.3) is 0 Å². The van der Waals surface area contributed by atoms with Crippen molar-refractivity contribution in [3.05, 3.63) is 28.8 Å². The van der Waals surface area contributed by atoms with Crippen LogP contribution in [0, 0.1) is 11.6 Å². The molecule has 92 valence electrons. The van der Waals surface area contributed by atoms with Crippen molar-refractivity contribution in [3.63, 3.8) is 0 Å². The molecule has 6 heteroatoms. The SMILES string of the molecule is COC(=O)C(O)c1c(F)cc(F)c2c1OCC2. The first kappa shape index (κ1) is 11.8. The molecule has 0 amide bonds. The van der Waals surface area contributed by atoms with E-state index in [0.29, 0.717) is 6.07 Å². The van der Waals surface area contributed by atoms with Crippen molar-refractivity contribution in [2.75, 3.05) is 13.7 Å². The molecule has 0 radical (unpaired) electrons. The fourth-order valence-corrected chi connectivity index (χ4v) is 1.79. The maximum atomic E-state index is 13.6. The third-order valence-electron chi connectivity index (χ3n) is 2.61. The Labute approximate surface area is 95.8 Å². The van der Waals surface area contributed by atoms with Crippen LogP contribution < -0.4 is 4.74 Å². The average Bonchev–Trinajstić information content (AvgIpc) is 2.76. The van der Waals surface area contributed by atoms with Gasteiger partial charge >= 0.3 is 5.97 Å². The van der Waals surface area contributed by atoms with E-state index in [1.165, 1.54) is 0 Å². The summed E-state index contributed by atoms with van der Waals surface area (Å²) in [6.45, 7) is 0.191. The molecule has 1 aliphatic heterocycles. The normalized spacial score (nSPS) is 15.1. The Kier molecular flexibility index (Phi) is 2.97. The number of methoxy groups -OCH3 is 1. The number of carbonyl (C=O) groups excluding carboxylic acids is 1. The molecule has 0 saturated heterocycles. The van der Waals surface area contributed by atoms with E-state index >= 15 is 0 Å². The highest BCUT2D eigenvalue weighted by Gasteiger charge is 2.32. The Morgan fingerprint density at radius 1 is 1.53 bits per heavy atom. The van der Waals surface area contributed by atoms with E-state index in [9.17, 15) is 18.7 Å². The highest BCUT2D eigenvalue weighted by molar-refractivity contribution is 5.77. The lowest BCUT2D eigenvalue weighted by Gasteiger charge is -2.14. The lowest BCUT2D eigenvalue weighted by molar-refractivity contribution is -0.151. The Balaban J connectivity index is 2.54. The number of benzene rings is 1. The van der Waals surface area contributed by atoms with Crippen molar-refractivity contribution in [1.82, 2.24) is 0 Å². The topological polar surface area (TPSA) is 55.8 Å². The molecule has 0 bridgehead atoms. The molecule has 0 saturated carbocycles. The summed E-state index contributed by atoms with van der Waals surface area (Å²) in [7, 11) is 1.06. The van der Waals surface area contributed by atoms with Crippen molar-refractivity contribution < 1.29 is 28.2 Å². The van der Waals surface area contributed by atoms with E-state index in [0.717, 1.165) is 7.11 Å². The van der Waals surface area contributed by atoms with Gasteiger partial charge in [-0.2, -0.15) is 0 Å². The predicted molar refractivity (Wildman–Crippen MR) is 52.5 cm³/mol. The number of aliphatic hydroxyl groups is 1. The third kappa shape index (κ3) is 1.84. The van der Waals surface area contributed by atoms with Gasteiger partial charge in [0.15, 0.2) is 6.10 Å². The number of rotatable bonds is 2. The van der Waals surface area contributed by atoms with E-state index in [1.54, 1.807) is 0 Å². The highest BCUT2D eigenvalue weighted by Crippen LogP contribution is 2.37. The number of ether oxygens (including phenoxy) is 2. The summed E-state index contributed by atoms with van der Waals surface area (Å²) < 4.78 is 36.3. The van der Waals surface area contributed by atoms with Gasteiger partial charge in [-0.25, -0.2) is 13.6 Å². The summed E-state index contributed by atoms with van der Waals surface area (Å²) in [5.41, 5.74) is -0.199. The lowest BCUT2D eigenvalue weighted by Crippen LogP contribution is -2.16. The van der Waals surface area contributed by atoms with E-state index in [-0.39, 0.29) is 29.9 Å². The molecule has 0 aliphatic carbocycles. The van der Waals surface area contributed by atoms with Gasteiger partial charge in [-0.15, -0.1) is 0 Å². The van der Waals surface area contributed by atoms with Crippen molar-refractivity contribution in [2.24, 2.45) is 0 Å². The van der Waals surface area contributed by atoms with Crippen LogP contribution in [0.5, 0.6) is 5.75 Å². The maximum absolute atomic E-state index is 13.6. The molecule has 1 aromatic carbocycles. The molecule has 17 heavy (non-hydrogen) atoms. The molecule has 1 atom stereocenters. The van der Waals surface area contributed by atoms with Gasteiger partial charge in [-0.05, 0) is 0 Å². The van der Waals surface area contributed by atoms with Gasteiger partial charge in [-0.1, -0.05) is 0 Å². The third-order valence-corrected chi connectivity index (χ3v) is 2.61. The zero-order chi connectivity index (χ0) is 12.6. The van der Waals surface area contributed by atoms with E-state index in [2.05, 4.69) is 4.74 Å². The second kappa shape index (κ2) is 4.29. The van der Waals surface area contributed by atoms with Gasteiger partial charge in [0.2, 0.25) is 0 Å². The first-order chi connectivity index (χ1) is 8.06. The Hall–Kier alpha value is -1.69. The van der Waals surface area contributed by atoms with Crippen LogP contribution in [-0.4, -0.2) is 24.8 Å². The largest absolute Gasteiger partial charge is 0.492 e. The van der Waals surface area contributed by atoms with Gasteiger partial charge in [0, 0.05) is 18.1 Å². The monoisotopic (exact) mass is 244 g/mol.